The second-order valence-corrected chi connectivity index (χ2v) is 4.37. The number of methoxy groups -OCH3 is 1. The highest BCUT2D eigenvalue weighted by molar-refractivity contribution is 5.89. The molecule has 0 amide bonds. The number of benzene rings is 1. The van der Waals surface area contributed by atoms with Gasteiger partial charge < -0.3 is 9.30 Å². The van der Waals surface area contributed by atoms with Crippen LogP contribution in [0.3, 0.4) is 0 Å². The third kappa shape index (κ3) is 2.13. The van der Waals surface area contributed by atoms with E-state index in [2.05, 4.69) is 27.6 Å². The standard InChI is InChI=1S/C13H16N4O/c1-9-5-4-6-11-13(9)12(18-3)8-17(11)7-10(2)15-16-14/h4-6,8,10H,7H2,1-3H3. The Balaban J connectivity index is 2.52. The summed E-state index contributed by atoms with van der Waals surface area (Å²) < 4.78 is 7.48. The SMILES string of the molecule is COc1cn(CC(C)N=[N+]=[N-])c2cccc(C)c12. The minimum atomic E-state index is -0.0872. The number of fused-ring (bicyclic) bond motifs is 1. The number of hydrogen-bond donors (Lipinski definition) is 0. The summed E-state index contributed by atoms with van der Waals surface area (Å²) in [5, 5.41) is 4.82. The van der Waals surface area contributed by atoms with E-state index in [4.69, 9.17) is 10.3 Å². The molecule has 0 aliphatic heterocycles. The Hall–Kier alpha value is -2.13. The second kappa shape index (κ2) is 5.02. The third-order valence-corrected chi connectivity index (χ3v) is 3.01. The highest BCUT2D eigenvalue weighted by Gasteiger charge is 2.12. The maximum Gasteiger partial charge on any atom is 0.144 e. The summed E-state index contributed by atoms with van der Waals surface area (Å²) in [7, 11) is 1.67. The maximum absolute atomic E-state index is 8.45. The fraction of sp³-hybridized carbons (Fsp3) is 0.385. The van der Waals surface area contributed by atoms with Gasteiger partial charge in [-0.1, -0.05) is 24.2 Å². The maximum atomic E-state index is 8.45. The number of hydrogen-bond acceptors (Lipinski definition) is 2. The molecule has 0 bridgehead atoms. The van der Waals surface area contributed by atoms with Crippen LogP contribution >= 0.6 is 0 Å². The zero-order valence-electron chi connectivity index (χ0n) is 10.8. The molecule has 0 radical (unpaired) electrons. The number of azide groups is 1. The van der Waals surface area contributed by atoms with Crippen LogP contribution in [0.4, 0.5) is 0 Å². The second-order valence-electron chi connectivity index (χ2n) is 4.37. The van der Waals surface area contributed by atoms with Gasteiger partial charge in [-0.05, 0) is 24.1 Å². The molecule has 0 spiro atoms. The Kier molecular flexibility index (Phi) is 3.44. The Labute approximate surface area is 106 Å². The summed E-state index contributed by atoms with van der Waals surface area (Å²) in [6, 6.07) is 6.04. The van der Waals surface area contributed by atoms with Crippen molar-refractivity contribution >= 4 is 10.9 Å². The molecular formula is C13H16N4O. The lowest BCUT2D eigenvalue weighted by Gasteiger charge is -2.07. The van der Waals surface area contributed by atoms with Crippen LogP contribution in [0, 0.1) is 6.92 Å². The fourth-order valence-corrected chi connectivity index (χ4v) is 2.20. The highest BCUT2D eigenvalue weighted by Crippen LogP contribution is 2.30. The average molecular weight is 244 g/mol. The summed E-state index contributed by atoms with van der Waals surface area (Å²) in [6.07, 6.45) is 1.96. The Morgan fingerprint density at radius 1 is 1.50 bits per heavy atom. The van der Waals surface area contributed by atoms with Gasteiger partial charge in [0.05, 0.1) is 18.7 Å². The molecule has 1 unspecified atom stereocenters. The van der Waals surface area contributed by atoms with Crippen LogP contribution in [0.15, 0.2) is 29.5 Å². The monoisotopic (exact) mass is 244 g/mol. The van der Waals surface area contributed by atoms with Crippen LogP contribution in [0.2, 0.25) is 0 Å². The molecular weight excluding hydrogens is 228 g/mol. The van der Waals surface area contributed by atoms with Gasteiger partial charge in [0.1, 0.15) is 5.75 Å². The molecule has 0 aliphatic rings. The minimum Gasteiger partial charge on any atom is -0.495 e. The molecule has 5 nitrogen and oxygen atoms in total. The molecule has 0 saturated heterocycles. The van der Waals surface area contributed by atoms with Gasteiger partial charge in [0.15, 0.2) is 0 Å². The van der Waals surface area contributed by atoms with Crippen LogP contribution in [-0.2, 0) is 6.54 Å². The van der Waals surface area contributed by atoms with Crippen molar-refractivity contribution in [3.8, 4) is 5.75 Å². The van der Waals surface area contributed by atoms with E-state index in [9.17, 15) is 0 Å². The van der Waals surface area contributed by atoms with E-state index < -0.39 is 0 Å². The average Bonchev–Trinajstić information content (AvgIpc) is 2.69. The molecule has 0 fully saturated rings. The summed E-state index contributed by atoms with van der Waals surface area (Å²) >= 11 is 0. The van der Waals surface area contributed by atoms with Crippen molar-refractivity contribution in [1.29, 1.82) is 0 Å². The van der Waals surface area contributed by atoms with Crippen molar-refractivity contribution in [1.82, 2.24) is 4.57 Å². The first kappa shape index (κ1) is 12.3. The number of ether oxygens (including phenoxy) is 1. The van der Waals surface area contributed by atoms with E-state index >= 15 is 0 Å². The molecule has 2 rings (SSSR count). The van der Waals surface area contributed by atoms with Gasteiger partial charge in [0.25, 0.3) is 0 Å². The zero-order valence-corrected chi connectivity index (χ0v) is 10.8. The normalized spacial score (nSPS) is 12.2. The first-order valence-corrected chi connectivity index (χ1v) is 5.84. The van der Waals surface area contributed by atoms with Crippen molar-refractivity contribution in [3.05, 3.63) is 40.4 Å². The first-order chi connectivity index (χ1) is 8.67. The van der Waals surface area contributed by atoms with Crippen molar-refractivity contribution in [2.24, 2.45) is 5.11 Å². The van der Waals surface area contributed by atoms with Crippen LogP contribution in [0.5, 0.6) is 5.75 Å². The van der Waals surface area contributed by atoms with Crippen molar-refractivity contribution < 1.29 is 4.74 Å². The molecule has 18 heavy (non-hydrogen) atoms. The molecule has 1 heterocycles. The molecule has 5 heteroatoms. The van der Waals surface area contributed by atoms with Gasteiger partial charge in [-0.15, -0.1) is 0 Å². The largest absolute Gasteiger partial charge is 0.495 e. The zero-order chi connectivity index (χ0) is 13.1. The smallest absolute Gasteiger partial charge is 0.144 e. The molecule has 0 aliphatic carbocycles. The van der Waals surface area contributed by atoms with Gasteiger partial charge >= 0.3 is 0 Å². The third-order valence-electron chi connectivity index (χ3n) is 3.01. The van der Waals surface area contributed by atoms with Crippen molar-refractivity contribution in [2.75, 3.05) is 7.11 Å². The minimum absolute atomic E-state index is 0.0872. The van der Waals surface area contributed by atoms with E-state index in [1.54, 1.807) is 7.11 Å². The summed E-state index contributed by atoms with van der Waals surface area (Å²) in [5.41, 5.74) is 10.7. The van der Waals surface area contributed by atoms with Crippen LogP contribution in [0.25, 0.3) is 21.3 Å². The van der Waals surface area contributed by atoms with Crippen LogP contribution < -0.4 is 4.74 Å². The van der Waals surface area contributed by atoms with E-state index in [1.807, 2.05) is 25.3 Å². The Morgan fingerprint density at radius 3 is 2.94 bits per heavy atom. The van der Waals surface area contributed by atoms with E-state index in [1.165, 1.54) is 5.56 Å². The molecule has 1 aromatic carbocycles. The quantitative estimate of drug-likeness (QED) is 0.460. The van der Waals surface area contributed by atoms with E-state index in [0.29, 0.717) is 6.54 Å². The summed E-state index contributed by atoms with van der Waals surface area (Å²) in [4.78, 5) is 2.84. The lowest BCUT2D eigenvalue weighted by atomic mass is 10.1. The van der Waals surface area contributed by atoms with Gasteiger partial charge in [0.2, 0.25) is 0 Å². The van der Waals surface area contributed by atoms with Gasteiger partial charge in [-0.2, -0.15) is 0 Å². The number of aromatic nitrogens is 1. The Morgan fingerprint density at radius 2 is 2.28 bits per heavy atom. The number of rotatable bonds is 4. The summed E-state index contributed by atoms with van der Waals surface area (Å²) in [5.74, 6) is 0.858. The molecule has 2 aromatic rings. The lowest BCUT2D eigenvalue weighted by molar-refractivity contribution is 0.417. The molecule has 0 N–H and O–H groups in total. The highest BCUT2D eigenvalue weighted by atomic mass is 16.5. The van der Waals surface area contributed by atoms with Gasteiger partial charge in [0, 0.05) is 23.0 Å². The van der Waals surface area contributed by atoms with Crippen molar-refractivity contribution in [3.63, 3.8) is 0 Å². The van der Waals surface area contributed by atoms with Gasteiger partial charge in [-0.25, -0.2) is 0 Å². The molecule has 94 valence electrons. The number of aryl methyl sites for hydroxylation is 1. The van der Waals surface area contributed by atoms with Crippen molar-refractivity contribution in [2.45, 2.75) is 26.4 Å². The first-order valence-electron chi connectivity index (χ1n) is 5.84. The summed E-state index contributed by atoms with van der Waals surface area (Å²) in [6.45, 7) is 4.60. The lowest BCUT2D eigenvalue weighted by Crippen LogP contribution is -2.08. The van der Waals surface area contributed by atoms with E-state index in [0.717, 1.165) is 16.7 Å². The number of nitrogens with zero attached hydrogens (tertiary/aromatic N) is 4. The van der Waals surface area contributed by atoms with Crippen LogP contribution in [0.1, 0.15) is 12.5 Å². The topological polar surface area (TPSA) is 62.9 Å². The molecule has 1 aromatic heterocycles. The van der Waals surface area contributed by atoms with E-state index in [-0.39, 0.29) is 6.04 Å². The fourth-order valence-electron chi connectivity index (χ4n) is 2.20. The predicted molar refractivity (Wildman–Crippen MR) is 71.8 cm³/mol. The predicted octanol–water partition coefficient (Wildman–Crippen LogP) is 3.66. The Bertz CT molecular complexity index is 611. The van der Waals surface area contributed by atoms with Crippen LogP contribution in [-0.4, -0.2) is 17.7 Å². The molecule has 1 atom stereocenters. The molecule has 0 saturated carbocycles. The van der Waals surface area contributed by atoms with Gasteiger partial charge in [-0.3, -0.25) is 0 Å².